The van der Waals surface area contributed by atoms with E-state index in [2.05, 4.69) is 71.7 Å². The number of benzene rings is 2. The van der Waals surface area contributed by atoms with Crippen molar-refractivity contribution in [3.8, 4) is 0 Å². The summed E-state index contributed by atoms with van der Waals surface area (Å²) in [5, 5.41) is 3.54. The Kier molecular flexibility index (Phi) is 8.18. The molecular formula is C27H37N3O2. The third kappa shape index (κ3) is 5.90. The van der Waals surface area contributed by atoms with Crippen molar-refractivity contribution < 1.29 is 9.47 Å². The highest BCUT2D eigenvalue weighted by molar-refractivity contribution is 5.80. The predicted molar refractivity (Wildman–Crippen MR) is 130 cm³/mol. The van der Waals surface area contributed by atoms with Gasteiger partial charge in [0.15, 0.2) is 5.96 Å². The minimum atomic E-state index is 0.0676. The fourth-order valence-corrected chi connectivity index (χ4v) is 4.82. The maximum atomic E-state index is 6.02. The molecule has 1 unspecified atom stereocenters. The first-order chi connectivity index (χ1) is 15.8. The Labute approximate surface area is 192 Å². The minimum Gasteiger partial charge on any atom is -0.381 e. The fourth-order valence-electron chi connectivity index (χ4n) is 4.82. The van der Waals surface area contributed by atoms with Crippen LogP contribution in [-0.4, -0.2) is 56.9 Å². The van der Waals surface area contributed by atoms with E-state index in [1.165, 1.54) is 11.1 Å². The molecule has 0 aliphatic carbocycles. The summed E-state index contributed by atoms with van der Waals surface area (Å²) in [6.07, 6.45) is 3.20. The van der Waals surface area contributed by atoms with E-state index in [1.807, 2.05) is 6.07 Å². The molecule has 0 aromatic heterocycles. The van der Waals surface area contributed by atoms with Gasteiger partial charge in [0.2, 0.25) is 0 Å². The van der Waals surface area contributed by atoms with Crippen LogP contribution in [0.4, 0.5) is 0 Å². The lowest BCUT2D eigenvalue weighted by molar-refractivity contribution is 0.0530. The third-order valence-corrected chi connectivity index (χ3v) is 6.75. The van der Waals surface area contributed by atoms with Crippen LogP contribution in [0.2, 0.25) is 0 Å². The molecule has 172 valence electrons. The van der Waals surface area contributed by atoms with E-state index in [9.17, 15) is 0 Å². The minimum absolute atomic E-state index is 0.0676. The molecule has 5 nitrogen and oxygen atoms in total. The lowest BCUT2D eigenvalue weighted by Gasteiger charge is -2.37. The number of likely N-dealkylation sites (tertiary alicyclic amines) is 1. The monoisotopic (exact) mass is 435 g/mol. The molecule has 0 radical (unpaired) electrons. The Balaban J connectivity index is 1.37. The van der Waals surface area contributed by atoms with Crippen LogP contribution in [0.3, 0.4) is 0 Å². The second kappa shape index (κ2) is 11.5. The van der Waals surface area contributed by atoms with E-state index < -0.39 is 0 Å². The molecular weight excluding hydrogens is 398 g/mol. The lowest BCUT2D eigenvalue weighted by atomic mass is 9.74. The van der Waals surface area contributed by atoms with Crippen molar-refractivity contribution in [2.24, 2.45) is 10.9 Å². The molecule has 1 atom stereocenters. The Bertz CT molecular complexity index is 834. The highest BCUT2D eigenvalue weighted by Gasteiger charge is 2.35. The topological polar surface area (TPSA) is 46.1 Å². The molecule has 2 fully saturated rings. The fraction of sp³-hybridized carbons (Fsp3) is 0.519. The number of nitrogens with zero attached hydrogens (tertiary/aromatic N) is 2. The number of guanidine groups is 1. The van der Waals surface area contributed by atoms with Gasteiger partial charge in [0.1, 0.15) is 0 Å². The van der Waals surface area contributed by atoms with Gasteiger partial charge in [-0.15, -0.1) is 0 Å². The van der Waals surface area contributed by atoms with Crippen LogP contribution in [-0.2, 0) is 21.5 Å². The second-order valence-electron chi connectivity index (χ2n) is 9.03. The molecule has 32 heavy (non-hydrogen) atoms. The van der Waals surface area contributed by atoms with E-state index >= 15 is 0 Å². The molecule has 4 rings (SSSR count). The van der Waals surface area contributed by atoms with Crippen LogP contribution < -0.4 is 5.32 Å². The zero-order valence-electron chi connectivity index (χ0n) is 19.3. The van der Waals surface area contributed by atoms with Crippen molar-refractivity contribution >= 4 is 5.96 Å². The molecule has 0 amide bonds. The Morgan fingerprint density at radius 3 is 2.53 bits per heavy atom. The quantitative estimate of drug-likeness (QED) is 0.498. The van der Waals surface area contributed by atoms with Crippen LogP contribution in [0.25, 0.3) is 0 Å². The molecule has 0 bridgehead atoms. The van der Waals surface area contributed by atoms with Crippen molar-refractivity contribution in [3.63, 3.8) is 0 Å². The van der Waals surface area contributed by atoms with Gasteiger partial charge in [0.25, 0.3) is 0 Å². The molecule has 2 saturated heterocycles. The Morgan fingerprint density at radius 2 is 1.81 bits per heavy atom. The molecule has 0 spiro atoms. The van der Waals surface area contributed by atoms with Gasteiger partial charge in [-0.25, -0.2) is 0 Å². The van der Waals surface area contributed by atoms with Gasteiger partial charge in [-0.05, 0) is 37.3 Å². The predicted octanol–water partition coefficient (Wildman–Crippen LogP) is 4.24. The van der Waals surface area contributed by atoms with Gasteiger partial charge in [-0.2, -0.15) is 0 Å². The maximum absolute atomic E-state index is 6.02. The zero-order chi connectivity index (χ0) is 22.1. The summed E-state index contributed by atoms with van der Waals surface area (Å²) in [4.78, 5) is 7.58. The van der Waals surface area contributed by atoms with Crippen molar-refractivity contribution in [2.75, 3.05) is 46.0 Å². The van der Waals surface area contributed by atoms with Gasteiger partial charge < -0.3 is 19.7 Å². The van der Waals surface area contributed by atoms with Crippen LogP contribution in [0.5, 0.6) is 0 Å². The lowest BCUT2D eigenvalue weighted by Crippen LogP contribution is -2.43. The van der Waals surface area contributed by atoms with Crippen molar-refractivity contribution in [1.82, 2.24) is 10.2 Å². The van der Waals surface area contributed by atoms with Crippen LogP contribution in [0.15, 0.2) is 65.7 Å². The zero-order valence-corrected chi connectivity index (χ0v) is 19.3. The highest BCUT2D eigenvalue weighted by atomic mass is 16.5. The molecule has 0 saturated carbocycles. The van der Waals surface area contributed by atoms with Crippen molar-refractivity contribution in [2.45, 2.75) is 38.2 Å². The van der Waals surface area contributed by atoms with Gasteiger partial charge >= 0.3 is 0 Å². The summed E-state index contributed by atoms with van der Waals surface area (Å²) in [5.41, 5.74) is 2.69. The number of hydrogen-bond acceptors (Lipinski definition) is 3. The first kappa shape index (κ1) is 22.8. The molecule has 2 aromatic carbocycles. The number of nitrogens with one attached hydrogen (secondary N) is 1. The smallest absolute Gasteiger partial charge is 0.193 e. The summed E-state index contributed by atoms with van der Waals surface area (Å²) in [5.74, 6) is 1.59. The average molecular weight is 436 g/mol. The highest BCUT2D eigenvalue weighted by Crippen LogP contribution is 2.35. The standard InChI is InChI=1S/C27H37N3O2/c1-2-28-26(29-22-27(14-17-31-18-15-27)25-11-7-4-8-12-25)30-16-13-24(19-30)21-32-20-23-9-5-3-6-10-23/h3-12,24H,2,13-22H2,1H3,(H,28,29). The van der Waals surface area contributed by atoms with Gasteiger partial charge in [0, 0.05) is 44.2 Å². The first-order valence-electron chi connectivity index (χ1n) is 12.1. The summed E-state index contributed by atoms with van der Waals surface area (Å²) in [6, 6.07) is 21.3. The SMILES string of the molecule is CCNC(=NCC1(c2ccccc2)CCOCC1)N1CCC(COCc2ccccc2)C1. The number of hydrogen-bond donors (Lipinski definition) is 1. The van der Waals surface area contributed by atoms with Crippen molar-refractivity contribution in [1.29, 1.82) is 0 Å². The molecule has 2 aromatic rings. The molecule has 2 heterocycles. The van der Waals surface area contributed by atoms with E-state index in [0.29, 0.717) is 12.5 Å². The van der Waals surface area contributed by atoms with E-state index in [0.717, 1.165) is 71.2 Å². The summed E-state index contributed by atoms with van der Waals surface area (Å²) in [6.45, 7) is 8.97. The molecule has 5 heteroatoms. The second-order valence-corrected chi connectivity index (χ2v) is 9.03. The van der Waals surface area contributed by atoms with Crippen LogP contribution in [0, 0.1) is 5.92 Å². The Hall–Kier alpha value is -2.37. The van der Waals surface area contributed by atoms with E-state index in [1.54, 1.807) is 0 Å². The number of ether oxygens (including phenoxy) is 2. The average Bonchev–Trinajstić information content (AvgIpc) is 3.32. The Morgan fingerprint density at radius 1 is 1.09 bits per heavy atom. The van der Waals surface area contributed by atoms with E-state index in [4.69, 9.17) is 14.5 Å². The maximum Gasteiger partial charge on any atom is 0.193 e. The number of rotatable bonds is 8. The van der Waals surface area contributed by atoms with Gasteiger partial charge in [-0.1, -0.05) is 60.7 Å². The third-order valence-electron chi connectivity index (χ3n) is 6.75. The van der Waals surface area contributed by atoms with Crippen LogP contribution in [0.1, 0.15) is 37.3 Å². The van der Waals surface area contributed by atoms with E-state index in [-0.39, 0.29) is 5.41 Å². The van der Waals surface area contributed by atoms with Crippen LogP contribution >= 0.6 is 0 Å². The number of aliphatic imine (C=N–C) groups is 1. The first-order valence-corrected chi connectivity index (χ1v) is 12.1. The summed E-state index contributed by atoms with van der Waals surface area (Å²) >= 11 is 0. The normalized spacial score (nSPS) is 21.0. The largest absolute Gasteiger partial charge is 0.381 e. The molecule has 1 N–H and O–H groups in total. The van der Waals surface area contributed by atoms with Crippen molar-refractivity contribution in [3.05, 3.63) is 71.8 Å². The summed E-state index contributed by atoms with van der Waals surface area (Å²) in [7, 11) is 0. The molecule has 2 aliphatic rings. The summed E-state index contributed by atoms with van der Waals surface area (Å²) < 4.78 is 11.7. The molecule has 2 aliphatic heterocycles. The van der Waals surface area contributed by atoms with Gasteiger partial charge in [-0.3, -0.25) is 4.99 Å². The van der Waals surface area contributed by atoms with Gasteiger partial charge in [0.05, 0.1) is 19.8 Å².